The maximum atomic E-state index is 2.37. The van der Waals surface area contributed by atoms with E-state index in [2.05, 4.69) is 232 Å². The van der Waals surface area contributed by atoms with Gasteiger partial charge in [0.2, 0.25) is 0 Å². The van der Waals surface area contributed by atoms with Gasteiger partial charge in [-0.05, 0) is 136 Å². The van der Waals surface area contributed by atoms with E-state index in [9.17, 15) is 0 Å². The highest BCUT2D eigenvalue weighted by Crippen LogP contribution is 2.50. The SMILES string of the molecule is CC(=Cc1ccccc1)c1cccc(-c2c3ccccc3c(-c3c4ccccc4c(-c4cccc(C(C)=Cc5ccccc5)c4)c4ccccc34)c3ccccc23)c1. The first kappa shape index (κ1) is 35.2. The molecule has 0 bridgehead atoms. The lowest BCUT2D eigenvalue weighted by molar-refractivity contribution is 1.56. The Bertz CT molecular complexity index is 2880. The van der Waals surface area contributed by atoms with E-state index in [1.807, 2.05) is 0 Å². The van der Waals surface area contributed by atoms with Crippen molar-refractivity contribution < 1.29 is 0 Å². The number of hydrogen-bond acceptors (Lipinski definition) is 0. The zero-order valence-corrected chi connectivity index (χ0v) is 32.8. The topological polar surface area (TPSA) is 0 Å². The number of benzene rings is 10. The molecular formula is C58H42. The van der Waals surface area contributed by atoms with Crippen LogP contribution in [-0.4, -0.2) is 0 Å². The van der Waals surface area contributed by atoms with E-state index in [0.29, 0.717) is 0 Å². The number of allylic oxidation sites excluding steroid dienone is 2. The molecule has 0 heteroatoms. The Hall–Kier alpha value is -7.28. The van der Waals surface area contributed by atoms with Gasteiger partial charge in [-0.3, -0.25) is 0 Å². The van der Waals surface area contributed by atoms with Gasteiger partial charge in [-0.15, -0.1) is 0 Å². The van der Waals surface area contributed by atoms with Gasteiger partial charge in [0, 0.05) is 0 Å². The number of hydrogen-bond donors (Lipinski definition) is 0. The van der Waals surface area contributed by atoms with Crippen LogP contribution in [0.3, 0.4) is 0 Å². The lowest BCUT2D eigenvalue weighted by Crippen LogP contribution is -1.95. The summed E-state index contributed by atoms with van der Waals surface area (Å²) in [6.07, 6.45) is 4.55. The minimum atomic E-state index is 1.21. The maximum Gasteiger partial charge on any atom is -0.00139 e. The summed E-state index contributed by atoms with van der Waals surface area (Å²) in [4.78, 5) is 0. The smallest absolute Gasteiger partial charge is 0.00139 e. The maximum absolute atomic E-state index is 2.37. The second-order valence-electron chi connectivity index (χ2n) is 15.3. The molecule has 0 atom stereocenters. The molecule has 0 radical (unpaired) electrons. The summed E-state index contributed by atoms with van der Waals surface area (Å²) in [5, 5.41) is 10.0. The lowest BCUT2D eigenvalue weighted by Gasteiger charge is -2.22. The zero-order valence-electron chi connectivity index (χ0n) is 32.8. The molecule has 0 aromatic heterocycles. The summed E-state index contributed by atoms with van der Waals surface area (Å²) in [6, 6.07) is 75.4. The van der Waals surface area contributed by atoms with Crippen molar-refractivity contribution in [2.24, 2.45) is 0 Å². The van der Waals surface area contributed by atoms with Gasteiger partial charge in [0.05, 0.1) is 0 Å². The van der Waals surface area contributed by atoms with Crippen molar-refractivity contribution in [2.75, 3.05) is 0 Å². The van der Waals surface area contributed by atoms with Crippen LogP contribution in [0.25, 0.3) is 99.8 Å². The van der Waals surface area contributed by atoms with Crippen molar-refractivity contribution in [1.82, 2.24) is 0 Å². The van der Waals surface area contributed by atoms with Gasteiger partial charge in [0.15, 0.2) is 0 Å². The fraction of sp³-hybridized carbons (Fsp3) is 0.0345. The van der Waals surface area contributed by atoms with Crippen LogP contribution in [0.2, 0.25) is 0 Å². The van der Waals surface area contributed by atoms with Gasteiger partial charge in [-0.2, -0.15) is 0 Å². The summed E-state index contributed by atoms with van der Waals surface area (Å²) < 4.78 is 0. The molecule has 10 aromatic rings. The molecule has 0 nitrogen and oxygen atoms in total. The highest BCUT2D eigenvalue weighted by atomic mass is 14.2. The second kappa shape index (κ2) is 15.0. The lowest BCUT2D eigenvalue weighted by atomic mass is 9.80. The van der Waals surface area contributed by atoms with Crippen molar-refractivity contribution in [3.8, 4) is 33.4 Å². The first-order chi connectivity index (χ1) is 28.6. The van der Waals surface area contributed by atoms with Crippen LogP contribution in [0.15, 0.2) is 206 Å². The summed E-state index contributed by atoms with van der Waals surface area (Å²) in [5.74, 6) is 0. The Morgan fingerprint density at radius 1 is 0.276 bits per heavy atom. The third-order valence-electron chi connectivity index (χ3n) is 11.7. The first-order valence-corrected chi connectivity index (χ1v) is 20.2. The molecule has 0 saturated heterocycles. The molecule has 10 aromatic carbocycles. The summed E-state index contributed by atoms with van der Waals surface area (Å²) in [7, 11) is 0. The average Bonchev–Trinajstić information content (AvgIpc) is 3.28. The van der Waals surface area contributed by atoms with Crippen molar-refractivity contribution in [2.45, 2.75) is 13.8 Å². The van der Waals surface area contributed by atoms with Gasteiger partial charge in [0.25, 0.3) is 0 Å². The Morgan fingerprint density at radius 2 is 0.552 bits per heavy atom. The van der Waals surface area contributed by atoms with E-state index >= 15 is 0 Å². The van der Waals surface area contributed by atoms with Crippen LogP contribution in [0.1, 0.15) is 36.1 Å². The van der Waals surface area contributed by atoms with Crippen LogP contribution in [-0.2, 0) is 0 Å². The van der Waals surface area contributed by atoms with Gasteiger partial charge in [-0.1, -0.05) is 206 Å². The van der Waals surface area contributed by atoms with Crippen LogP contribution < -0.4 is 0 Å². The third kappa shape index (κ3) is 6.30. The molecule has 0 aliphatic carbocycles. The van der Waals surface area contributed by atoms with E-state index in [1.54, 1.807) is 0 Å². The molecule has 10 rings (SSSR count). The standard InChI is InChI=1S/C58H42/c1-39(35-41-19-5-3-6-20-41)43-23-17-25-45(37-43)55-47-27-9-13-31-51(47)57(52-32-14-10-28-48(52)55)58-53-33-15-11-29-49(53)56(50-30-12-16-34-54(50)58)46-26-18-24-44(38-46)40(2)36-42-21-7-4-8-22-42/h3-38H,1-2H3. The van der Waals surface area contributed by atoms with E-state index in [4.69, 9.17) is 0 Å². The van der Waals surface area contributed by atoms with Crippen LogP contribution in [0.5, 0.6) is 0 Å². The van der Waals surface area contributed by atoms with Gasteiger partial charge in [-0.25, -0.2) is 0 Å². The molecule has 58 heavy (non-hydrogen) atoms. The largest absolute Gasteiger partial charge is 0.0622 e. The normalized spacial score (nSPS) is 12.2. The van der Waals surface area contributed by atoms with Crippen LogP contribution in [0, 0.1) is 0 Å². The average molecular weight is 739 g/mol. The third-order valence-corrected chi connectivity index (χ3v) is 11.7. The van der Waals surface area contributed by atoms with E-state index < -0.39 is 0 Å². The van der Waals surface area contributed by atoms with Crippen molar-refractivity contribution in [3.05, 3.63) is 229 Å². The summed E-state index contributed by atoms with van der Waals surface area (Å²) >= 11 is 0. The fourth-order valence-electron chi connectivity index (χ4n) is 9.02. The van der Waals surface area contributed by atoms with Gasteiger partial charge < -0.3 is 0 Å². The molecule has 0 fully saturated rings. The predicted molar refractivity (Wildman–Crippen MR) is 253 cm³/mol. The highest BCUT2D eigenvalue weighted by Gasteiger charge is 2.22. The minimum absolute atomic E-state index is 1.21. The minimum Gasteiger partial charge on any atom is -0.0622 e. The van der Waals surface area contributed by atoms with Crippen LogP contribution >= 0.6 is 0 Å². The Kier molecular flexibility index (Phi) is 9.09. The fourth-order valence-corrected chi connectivity index (χ4v) is 9.02. The Labute approximate surface area is 340 Å². The molecule has 274 valence electrons. The second-order valence-corrected chi connectivity index (χ2v) is 15.3. The van der Waals surface area contributed by atoms with Crippen molar-refractivity contribution in [3.63, 3.8) is 0 Å². The Morgan fingerprint density at radius 3 is 0.862 bits per heavy atom. The number of rotatable bonds is 7. The zero-order chi connectivity index (χ0) is 39.0. The first-order valence-electron chi connectivity index (χ1n) is 20.2. The monoisotopic (exact) mass is 738 g/mol. The molecule has 0 amide bonds. The van der Waals surface area contributed by atoms with E-state index in [1.165, 1.54) is 110 Å². The quantitative estimate of drug-likeness (QED) is 0.113. The number of fused-ring (bicyclic) bond motifs is 4. The van der Waals surface area contributed by atoms with Crippen molar-refractivity contribution in [1.29, 1.82) is 0 Å². The predicted octanol–water partition coefficient (Wildman–Crippen LogP) is 16.4. The van der Waals surface area contributed by atoms with E-state index in [0.717, 1.165) is 0 Å². The molecular weight excluding hydrogens is 697 g/mol. The summed E-state index contributed by atoms with van der Waals surface area (Å²) in [5.41, 5.74) is 14.9. The van der Waals surface area contributed by atoms with Crippen molar-refractivity contribution >= 4 is 66.4 Å². The molecule has 0 aliphatic rings. The van der Waals surface area contributed by atoms with E-state index in [-0.39, 0.29) is 0 Å². The van der Waals surface area contributed by atoms with Crippen LogP contribution in [0.4, 0.5) is 0 Å². The highest BCUT2D eigenvalue weighted by molar-refractivity contribution is 6.30. The van der Waals surface area contributed by atoms with Gasteiger partial charge in [0.1, 0.15) is 0 Å². The molecule has 0 saturated carbocycles. The van der Waals surface area contributed by atoms with Gasteiger partial charge >= 0.3 is 0 Å². The molecule has 0 spiro atoms. The molecule has 0 heterocycles. The molecule has 0 N–H and O–H groups in total. The molecule has 0 aliphatic heterocycles. The molecule has 0 unspecified atom stereocenters. The summed E-state index contributed by atoms with van der Waals surface area (Å²) in [6.45, 7) is 4.42. The Balaban J connectivity index is 1.22.